The van der Waals surface area contributed by atoms with Crippen molar-refractivity contribution in [2.24, 2.45) is 0 Å². The highest BCUT2D eigenvalue weighted by Gasteiger charge is 2.22. The molecule has 0 fully saturated rings. The van der Waals surface area contributed by atoms with Gasteiger partial charge in [0.2, 0.25) is 10.0 Å². The van der Waals surface area contributed by atoms with Crippen molar-refractivity contribution >= 4 is 43.5 Å². The molecule has 0 aliphatic carbocycles. The number of esters is 1. The highest BCUT2D eigenvalue weighted by atomic mass is 79.9. The van der Waals surface area contributed by atoms with Gasteiger partial charge in [-0.1, -0.05) is 63.9 Å². The van der Waals surface area contributed by atoms with Crippen LogP contribution in [0.15, 0.2) is 82.2 Å². The summed E-state index contributed by atoms with van der Waals surface area (Å²) in [5.41, 5.74) is 2.89. The van der Waals surface area contributed by atoms with Gasteiger partial charge < -0.3 is 4.74 Å². The number of carbonyl (C=O) groups excluding carboxylic acids is 1. The summed E-state index contributed by atoms with van der Waals surface area (Å²) in [6, 6.07) is 21.2. The summed E-state index contributed by atoms with van der Waals surface area (Å²) >= 11 is 9.34. The third-order valence-corrected chi connectivity index (χ3v) is 7.50. The number of nitrogens with one attached hydrogen (secondary N) is 1. The van der Waals surface area contributed by atoms with Gasteiger partial charge >= 0.3 is 5.97 Å². The normalized spacial score (nSPS) is 12.3. The lowest BCUT2D eigenvalue weighted by Crippen LogP contribution is -2.30. The number of ether oxygens (including phenoxy) is 1. The van der Waals surface area contributed by atoms with E-state index in [1.54, 1.807) is 36.4 Å². The van der Waals surface area contributed by atoms with Crippen LogP contribution in [-0.4, -0.2) is 21.5 Å². The third-order valence-electron chi connectivity index (χ3n) is 5.23. The molecule has 0 saturated carbocycles. The van der Waals surface area contributed by atoms with Crippen molar-refractivity contribution in [3.8, 4) is 0 Å². The van der Waals surface area contributed by atoms with Crippen LogP contribution in [0.4, 0.5) is 0 Å². The van der Waals surface area contributed by atoms with E-state index >= 15 is 0 Å². The molecule has 3 aromatic rings. The lowest BCUT2D eigenvalue weighted by Gasteiger charge is -2.20. The molecule has 8 heteroatoms. The van der Waals surface area contributed by atoms with E-state index in [0.717, 1.165) is 27.6 Å². The topological polar surface area (TPSA) is 72.5 Å². The van der Waals surface area contributed by atoms with Gasteiger partial charge in [-0.05, 0) is 72.4 Å². The minimum absolute atomic E-state index is 0.200. The molecule has 0 aromatic heterocycles. The maximum absolute atomic E-state index is 13.1. The monoisotopic (exact) mass is 549 g/mol. The van der Waals surface area contributed by atoms with Gasteiger partial charge in [0.1, 0.15) is 0 Å². The van der Waals surface area contributed by atoms with E-state index in [-0.39, 0.29) is 10.9 Å². The number of halogens is 2. The summed E-state index contributed by atoms with van der Waals surface area (Å²) in [6.07, 6.45) is 2.26. The average Bonchev–Trinajstić information content (AvgIpc) is 2.80. The summed E-state index contributed by atoms with van der Waals surface area (Å²) in [5.74, 6) is -0.225. The molecule has 0 bridgehead atoms. The minimum Gasteiger partial charge on any atom is -0.469 e. The molecular formula is C25H25BrClNO4S. The smallest absolute Gasteiger partial charge is 0.305 e. The second-order valence-electron chi connectivity index (χ2n) is 7.63. The number of methoxy groups -OCH3 is 1. The quantitative estimate of drug-likeness (QED) is 0.321. The lowest BCUT2D eigenvalue weighted by molar-refractivity contribution is -0.140. The van der Waals surface area contributed by atoms with Crippen LogP contribution in [0, 0.1) is 0 Å². The second-order valence-corrected chi connectivity index (χ2v) is 10.7. The zero-order chi connectivity index (χ0) is 23.8. The largest absolute Gasteiger partial charge is 0.469 e. The van der Waals surface area contributed by atoms with Crippen molar-refractivity contribution in [1.82, 2.24) is 4.72 Å². The van der Waals surface area contributed by atoms with E-state index < -0.39 is 16.1 Å². The first-order valence-electron chi connectivity index (χ1n) is 10.4. The molecule has 0 amide bonds. The molecular weight excluding hydrogens is 526 g/mol. The first-order valence-corrected chi connectivity index (χ1v) is 13.1. The van der Waals surface area contributed by atoms with Crippen molar-refractivity contribution in [1.29, 1.82) is 0 Å². The van der Waals surface area contributed by atoms with E-state index in [9.17, 15) is 13.2 Å². The number of carbonyl (C=O) groups is 1. The Morgan fingerprint density at radius 1 is 0.970 bits per heavy atom. The van der Waals surface area contributed by atoms with Gasteiger partial charge in [-0.15, -0.1) is 0 Å². The first-order chi connectivity index (χ1) is 15.8. The fourth-order valence-corrected chi connectivity index (χ4v) is 5.02. The van der Waals surface area contributed by atoms with Crippen molar-refractivity contribution in [3.63, 3.8) is 0 Å². The van der Waals surface area contributed by atoms with Crippen LogP contribution in [0.2, 0.25) is 5.02 Å². The van der Waals surface area contributed by atoms with Crippen LogP contribution in [0.5, 0.6) is 0 Å². The molecule has 174 valence electrons. The Morgan fingerprint density at radius 3 is 2.18 bits per heavy atom. The zero-order valence-electron chi connectivity index (χ0n) is 18.1. The van der Waals surface area contributed by atoms with Crippen LogP contribution in [-0.2, 0) is 32.4 Å². The maximum atomic E-state index is 13.1. The Kier molecular flexibility index (Phi) is 9.09. The summed E-state index contributed by atoms with van der Waals surface area (Å²) in [5, 5.41) is 0.627. The average molecular weight is 551 g/mol. The molecule has 5 nitrogen and oxygen atoms in total. The molecule has 3 aromatic carbocycles. The number of hydrogen-bond donors (Lipinski definition) is 1. The molecule has 0 radical (unpaired) electrons. The van der Waals surface area contributed by atoms with Crippen molar-refractivity contribution in [3.05, 3.63) is 99.0 Å². The van der Waals surface area contributed by atoms with Crippen LogP contribution >= 0.6 is 27.5 Å². The predicted molar refractivity (Wildman–Crippen MR) is 134 cm³/mol. The number of benzene rings is 3. The zero-order valence-corrected chi connectivity index (χ0v) is 21.3. The summed E-state index contributed by atoms with van der Waals surface area (Å²) in [4.78, 5) is 11.5. The molecule has 1 unspecified atom stereocenters. The Hall–Kier alpha value is -2.19. The van der Waals surface area contributed by atoms with Gasteiger partial charge in [-0.25, -0.2) is 13.1 Å². The second kappa shape index (κ2) is 11.8. The minimum atomic E-state index is -3.74. The van der Waals surface area contributed by atoms with Gasteiger partial charge in [0, 0.05) is 15.9 Å². The van der Waals surface area contributed by atoms with Crippen LogP contribution in [0.1, 0.15) is 35.6 Å². The molecule has 0 heterocycles. The standard InChI is InChI=1S/C25H25BrClNO4S/c1-32-25(29)4-2-3-18-5-9-20(10-6-18)24(17-19-7-13-22(27)14-8-19)28-33(30,31)23-15-11-21(26)12-16-23/h5-16,24,28H,2-4,17H2,1H3. The number of hydrogen-bond acceptors (Lipinski definition) is 4. The lowest BCUT2D eigenvalue weighted by atomic mass is 9.97. The summed E-state index contributed by atoms with van der Waals surface area (Å²) in [7, 11) is -2.36. The van der Waals surface area contributed by atoms with Crippen LogP contribution < -0.4 is 4.72 Å². The highest BCUT2D eigenvalue weighted by Crippen LogP contribution is 2.24. The number of sulfonamides is 1. The fourth-order valence-electron chi connectivity index (χ4n) is 3.41. The SMILES string of the molecule is COC(=O)CCCc1ccc(C(Cc2ccc(Cl)cc2)NS(=O)(=O)c2ccc(Br)cc2)cc1. The van der Waals surface area contributed by atoms with Gasteiger partial charge in [0.05, 0.1) is 18.0 Å². The third kappa shape index (κ3) is 7.67. The van der Waals surface area contributed by atoms with E-state index in [4.69, 9.17) is 11.6 Å². The van der Waals surface area contributed by atoms with Gasteiger partial charge in [0.15, 0.2) is 0 Å². The highest BCUT2D eigenvalue weighted by molar-refractivity contribution is 9.10. The fraction of sp³-hybridized carbons (Fsp3) is 0.240. The Bertz CT molecular complexity index is 1160. The maximum Gasteiger partial charge on any atom is 0.305 e. The van der Waals surface area contributed by atoms with Gasteiger partial charge in [-0.3, -0.25) is 4.79 Å². The molecule has 0 spiro atoms. The molecule has 1 N–H and O–H groups in total. The first kappa shape index (κ1) is 25.4. The summed E-state index contributed by atoms with van der Waals surface area (Å²) < 4.78 is 34.5. The molecule has 0 saturated heterocycles. The van der Waals surface area contributed by atoms with Crippen LogP contribution in [0.3, 0.4) is 0 Å². The molecule has 0 aliphatic heterocycles. The molecule has 0 aliphatic rings. The van der Waals surface area contributed by atoms with E-state index in [1.165, 1.54) is 7.11 Å². The Morgan fingerprint density at radius 2 is 1.58 bits per heavy atom. The van der Waals surface area contributed by atoms with Gasteiger partial charge in [0.25, 0.3) is 0 Å². The van der Waals surface area contributed by atoms with Crippen molar-refractivity contribution in [2.45, 2.75) is 36.6 Å². The van der Waals surface area contributed by atoms with E-state index in [1.807, 2.05) is 36.4 Å². The van der Waals surface area contributed by atoms with Gasteiger partial charge in [-0.2, -0.15) is 0 Å². The Labute approximate surface area is 208 Å². The van der Waals surface area contributed by atoms with Crippen molar-refractivity contribution < 1.29 is 17.9 Å². The molecule has 3 rings (SSSR count). The number of rotatable bonds is 10. The van der Waals surface area contributed by atoms with E-state index in [0.29, 0.717) is 24.3 Å². The Balaban J connectivity index is 1.81. The van der Waals surface area contributed by atoms with E-state index in [2.05, 4.69) is 25.4 Å². The molecule has 1 atom stereocenters. The summed E-state index contributed by atoms with van der Waals surface area (Å²) in [6.45, 7) is 0. The predicted octanol–water partition coefficient (Wildman–Crippen LogP) is 5.86. The number of aryl methyl sites for hydroxylation is 1. The van der Waals surface area contributed by atoms with Crippen molar-refractivity contribution in [2.75, 3.05) is 7.11 Å². The van der Waals surface area contributed by atoms with Crippen LogP contribution in [0.25, 0.3) is 0 Å². The molecule has 33 heavy (non-hydrogen) atoms.